The zero-order valence-electron chi connectivity index (χ0n) is 19.6. The van der Waals surface area contributed by atoms with Gasteiger partial charge in [0.25, 0.3) is 5.91 Å². The second-order valence-corrected chi connectivity index (χ2v) is 9.98. The minimum Gasteiger partial charge on any atom is -0.378 e. The molecular formula is C26H21F3N6O2. The highest BCUT2D eigenvalue weighted by atomic mass is 19.4. The molecular weight excluding hydrogens is 485 g/mol. The smallest absolute Gasteiger partial charge is 0.378 e. The summed E-state index contributed by atoms with van der Waals surface area (Å²) in [6.45, 7) is 0.542. The van der Waals surface area contributed by atoms with Crippen LogP contribution in [0.5, 0.6) is 0 Å². The van der Waals surface area contributed by atoms with Crippen LogP contribution in [0.1, 0.15) is 45.5 Å². The minimum absolute atomic E-state index is 0.118. The van der Waals surface area contributed by atoms with Crippen LogP contribution in [-0.4, -0.2) is 55.4 Å². The van der Waals surface area contributed by atoms with Gasteiger partial charge in [0.1, 0.15) is 11.4 Å². The van der Waals surface area contributed by atoms with Crippen LogP contribution >= 0.6 is 0 Å². The first kappa shape index (κ1) is 22.2. The molecule has 188 valence electrons. The molecule has 5 heterocycles. The van der Waals surface area contributed by atoms with E-state index in [1.54, 1.807) is 19.2 Å². The van der Waals surface area contributed by atoms with E-state index < -0.39 is 30.4 Å². The Labute approximate surface area is 208 Å². The SMILES string of the molecule is Cc1nc(N2CC(O)(C(F)(F)F)C2)ncc1C12CC(NC(=O)c3ccccc31)c1nc3ccccc3n12. The van der Waals surface area contributed by atoms with Crippen molar-refractivity contribution in [2.75, 3.05) is 18.0 Å². The van der Waals surface area contributed by atoms with E-state index in [2.05, 4.69) is 19.9 Å². The summed E-state index contributed by atoms with van der Waals surface area (Å²) >= 11 is 0. The summed E-state index contributed by atoms with van der Waals surface area (Å²) in [7, 11) is 0. The first-order valence-electron chi connectivity index (χ1n) is 11.9. The van der Waals surface area contributed by atoms with Gasteiger partial charge in [-0.25, -0.2) is 15.0 Å². The summed E-state index contributed by atoms with van der Waals surface area (Å²) in [4.78, 5) is 28.4. The number of carbonyl (C=O) groups excluding carboxylic acids is 1. The fraction of sp³-hybridized carbons (Fsp3) is 0.308. The number of nitrogens with zero attached hydrogens (tertiary/aromatic N) is 5. The zero-order chi connectivity index (χ0) is 25.7. The van der Waals surface area contributed by atoms with Crippen LogP contribution in [0.4, 0.5) is 19.1 Å². The lowest BCUT2D eigenvalue weighted by Gasteiger charge is -2.47. The maximum absolute atomic E-state index is 13.2. The van der Waals surface area contributed by atoms with E-state index in [9.17, 15) is 23.1 Å². The van der Waals surface area contributed by atoms with Crippen molar-refractivity contribution in [2.24, 2.45) is 0 Å². The largest absolute Gasteiger partial charge is 0.420 e. The van der Waals surface area contributed by atoms with Crippen molar-refractivity contribution in [3.8, 4) is 0 Å². The second kappa shape index (κ2) is 7.06. The van der Waals surface area contributed by atoms with Gasteiger partial charge in [0, 0.05) is 29.4 Å². The van der Waals surface area contributed by atoms with Crippen molar-refractivity contribution in [1.82, 2.24) is 24.8 Å². The van der Waals surface area contributed by atoms with Crippen LogP contribution in [0.25, 0.3) is 11.0 Å². The molecule has 2 N–H and O–H groups in total. The van der Waals surface area contributed by atoms with Crippen LogP contribution in [0.15, 0.2) is 54.7 Å². The molecule has 0 radical (unpaired) electrons. The number of nitrogens with one attached hydrogen (secondary N) is 1. The quantitative estimate of drug-likeness (QED) is 0.434. The van der Waals surface area contributed by atoms with Crippen molar-refractivity contribution in [3.05, 3.63) is 82.9 Å². The molecule has 2 aromatic carbocycles. The van der Waals surface area contributed by atoms with E-state index >= 15 is 0 Å². The van der Waals surface area contributed by atoms with E-state index in [1.165, 1.54) is 4.90 Å². The first-order chi connectivity index (χ1) is 17.6. The van der Waals surface area contributed by atoms with Crippen molar-refractivity contribution in [1.29, 1.82) is 0 Å². The van der Waals surface area contributed by atoms with Crippen molar-refractivity contribution in [2.45, 2.75) is 36.7 Å². The third kappa shape index (κ3) is 2.83. The topological polar surface area (TPSA) is 96.2 Å². The van der Waals surface area contributed by atoms with Gasteiger partial charge >= 0.3 is 6.18 Å². The van der Waals surface area contributed by atoms with Gasteiger partial charge < -0.3 is 19.9 Å². The number of anilines is 1. The minimum atomic E-state index is -4.72. The molecule has 1 amide bonds. The highest BCUT2D eigenvalue weighted by molar-refractivity contribution is 5.98. The van der Waals surface area contributed by atoms with E-state index in [0.29, 0.717) is 17.7 Å². The molecule has 7 rings (SSSR count). The number of para-hydroxylation sites is 2. The normalized spacial score (nSPS) is 23.8. The number of carbonyl (C=O) groups is 1. The molecule has 2 atom stereocenters. The van der Waals surface area contributed by atoms with E-state index in [1.807, 2.05) is 42.5 Å². The van der Waals surface area contributed by atoms with Crippen molar-refractivity contribution >= 4 is 22.9 Å². The maximum atomic E-state index is 13.2. The van der Waals surface area contributed by atoms with Gasteiger partial charge in [-0.2, -0.15) is 13.2 Å². The predicted octanol–water partition coefficient (Wildman–Crippen LogP) is 3.23. The lowest BCUT2D eigenvalue weighted by atomic mass is 9.78. The number of halogens is 3. The molecule has 4 aromatic rings. The van der Waals surface area contributed by atoms with E-state index in [0.717, 1.165) is 28.0 Å². The number of aryl methyl sites for hydroxylation is 1. The van der Waals surface area contributed by atoms with Gasteiger partial charge in [0.05, 0.1) is 30.2 Å². The van der Waals surface area contributed by atoms with Gasteiger partial charge in [0.2, 0.25) is 5.95 Å². The number of alkyl halides is 3. The lowest BCUT2D eigenvalue weighted by Crippen LogP contribution is -2.69. The number of benzene rings is 2. The van der Waals surface area contributed by atoms with Crippen molar-refractivity contribution < 1.29 is 23.1 Å². The average molecular weight is 506 g/mol. The predicted molar refractivity (Wildman–Crippen MR) is 127 cm³/mol. The molecule has 8 nitrogen and oxygen atoms in total. The summed E-state index contributed by atoms with van der Waals surface area (Å²) in [6, 6.07) is 14.8. The number of fused-ring (bicyclic) bond motifs is 9. The number of amides is 1. The Balaban J connectivity index is 1.42. The summed E-state index contributed by atoms with van der Waals surface area (Å²) in [5, 5.41) is 13.0. The number of hydrogen-bond donors (Lipinski definition) is 2. The molecule has 0 aliphatic carbocycles. The standard InChI is InChI=1S/C26H21F3N6O2/c1-14-17(11-30-23(31-14)34-12-24(37,13-34)26(27,28)29)25-10-19(33-22(36)15-6-2-3-7-16(15)25)21-32-18-8-4-5-9-20(18)35(21)25/h2-9,11,19,37H,10,12-13H2,1H3,(H,33,36). The molecule has 2 bridgehead atoms. The third-order valence-electron chi connectivity index (χ3n) is 7.83. The van der Waals surface area contributed by atoms with Crippen LogP contribution in [-0.2, 0) is 5.54 Å². The Bertz CT molecular complexity index is 1610. The zero-order valence-corrected chi connectivity index (χ0v) is 19.6. The Morgan fingerprint density at radius 3 is 2.54 bits per heavy atom. The molecule has 2 aromatic heterocycles. The maximum Gasteiger partial charge on any atom is 0.420 e. The van der Waals surface area contributed by atoms with Crippen LogP contribution in [0.3, 0.4) is 0 Å². The summed E-state index contributed by atoms with van der Waals surface area (Å²) in [5.74, 6) is 0.654. The summed E-state index contributed by atoms with van der Waals surface area (Å²) in [5.41, 5.74) is 0.684. The number of aliphatic hydroxyl groups is 1. The van der Waals surface area contributed by atoms with Gasteiger partial charge in [-0.05, 0) is 30.7 Å². The third-order valence-corrected chi connectivity index (χ3v) is 7.83. The fourth-order valence-electron chi connectivity index (χ4n) is 6.08. The molecule has 3 aliphatic heterocycles. The molecule has 0 saturated carbocycles. The molecule has 3 aliphatic rings. The van der Waals surface area contributed by atoms with Gasteiger partial charge in [-0.3, -0.25) is 4.79 Å². The fourth-order valence-corrected chi connectivity index (χ4v) is 6.08. The van der Waals surface area contributed by atoms with Crippen molar-refractivity contribution in [3.63, 3.8) is 0 Å². The van der Waals surface area contributed by atoms with E-state index in [-0.39, 0.29) is 17.9 Å². The van der Waals surface area contributed by atoms with Crippen LogP contribution < -0.4 is 10.2 Å². The Kier molecular flexibility index (Phi) is 4.24. The first-order valence-corrected chi connectivity index (χ1v) is 11.9. The Morgan fingerprint density at radius 1 is 1.05 bits per heavy atom. The number of imidazole rings is 1. The molecule has 1 fully saturated rings. The second-order valence-electron chi connectivity index (χ2n) is 9.98. The average Bonchev–Trinajstić information content (AvgIpc) is 3.33. The summed E-state index contributed by atoms with van der Waals surface area (Å²) in [6.07, 6.45) is -2.60. The van der Waals surface area contributed by atoms with Gasteiger partial charge in [-0.1, -0.05) is 30.3 Å². The summed E-state index contributed by atoms with van der Waals surface area (Å²) < 4.78 is 41.6. The Hall–Kier alpha value is -3.99. The lowest BCUT2D eigenvalue weighted by molar-refractivity contribution is -0.267. The number of rotatable bonds is 2. The highest BCUT2D eigenvalue weighted by Crippen LogP contribution is 2.53. The van der Waals surface area contributed by atoms with E-state index in [4.69, 9.17) is 4.98 Å². The molecule has 1 saturated heterocycles. The monoisotopic (exact) mass is 506 g/mol. The molecule has 2 unspecified atom stereocenters. The number of hydrogen-bond acceptors (Lipinski definition) is 6. The number of aromatic nitrogens is 4. The van der Waals surface area contributed by atoms with Gasteiger partial charge in [0.15, 0.2) is 5.60 Å². The van der Waals surface area contributed by atoms with Crippen LogP contribution in [0.2, 0.25) is 0 Å². The molecule has 37 heavy (non-hydrogen) atoms. The Morgan fingerprint density at radius 2 is 1.78 bits per heavy atom. The van der Waals surface area contributed by atoms with Gasteiger partial charge in [-0.15, -0.1) is 0 Å². The van der Waals surface area contributed by atoms with Crippen LogP contribution in [0, 0.1) is 6.92 Å². The number of β-amino-alcohol motifs (C(OH)–C–C–N with tert-alkyl or cyclic N) is 1. The highest BCUT2D eigenvalue weighted by Gasteiger charge is 2.62. The molecule has 0 spiro atoms. The molecule has 11 heteroatoms.